The summed E-state index contributed by atoms with van der Waals surface area (Å²) >= 11 is 0. The van der Waals surface area contributed by atoms with Gasteiger partial charge in [-0.2, -0.15) is 0 Å². The van der Waals surface area contributed by atoms with Gasteiger partial charge in [-0.25, -0.2) is 0 Å². The predicted octanol–water partition coefficient (Wildman–Crippen LogP) is 4.76. The lowest BCUT2D eigenvalue weighted by Crippen LogP contribution is -1.57. The summed E-state index contributed by atoms with van der Waals surface area (Å²) in [5.74, 6) is 0. The number of para-hydroxylation sites is 1. The van der Waals surface area contributed by atoms with Gasteiger partial charge >= 0.3 is 0 Å². The van der Waals surface area contributed by atoms with E-state index in [4.69, 9.17) is 4.42 Å². The molecule has 3 aromatic rings. The van der Waals surface area contributed by atoms with Crippen LogP contribution in [0.4, 0.5) is 0 Å². The third-order valence-corrected chi connectivity index (χ3v) is 2.03. The number of hydrogen-bond acceptors (Lipinski definition) is 1. The molecule has 0 N–H and O–H groups in total. The zero-order valence-electron chi connectivity index (χ0n) is 8.34. The molecule has 0 aliphatic heterocycles. The van der Waals surface area contributed by atoms with E-state index in [1.807, 2.05) is 66.7 Å². The van der Waals surface area contributed by atoms with E-state index >= 15 is 0 Å². The van der Waals surface area contributed by atoms with Crippen LogP contribution in [0.1, 0.15) is 7.43 Å². The SMILES string of the molecule is C.c1ccc2occc2c1.c1ccccc1. The van der Waals surface area contributed by atoms with Crippen molar-refractivity contribution in [2.45, 2.75) is 7.43 Å². The molecule has 0 bridgehead atoms. The average Bonchev–Trinajstić information content (AvgIpc) is 2.80. The van der Waals surface area contributed by atoms with Gasteiger partial charge in [0.1, 0.15) is 5.58 Å². The smallest absolute Gasteiger partial charge is 0.133 e. The molecule has 82 valence electrons. The molecular weight excluding hydrogens is 196 g/mol. The third-order valence-electron chi connectivity index (χ3n) is 2.03. The van der Waals surface area contributed by atoms with E-state index in [1.165, 1.54) is 0 Å². The van der Waals surface area contributed by atoms with Crippen molar-refractivity contribution in [1.82, 2.24) is 0 Å². The van der Waals surface area contributed by atoms with Crippen LogP contribution in [0.25, 0.3) is 11.0 Å². The molecule has 2 aromatic carbocycles. The Morgan fingerprint density at radius 3 is 1.75 bits per heavy atom. The summed E-state index contributed by atoms with van der Waals surface area (Å²) in [6, 6.07) is 21.9. The van der Waals surface area contributed by atoms with Crippen molar-refractivity contribution in [3.63, 3.8) is 0 Å². The number of rotatable bonds is 0. The van der Waals surface area contributed by atoms with Crippen LogP contribution in [0.2, 0.25) is 0 Å². The van der Waals surface area contributed by atoms with E-state index in [0.717, 1.165) is 11.0 Å². The molecule has 1 heterocycles. The molecule has 1 aromatic heterocycles. The Hall–Kier alpha value is -2.02. The van der Waals surface area contributed by atoms with E-state index in [2.05, 4.69) is 0 Å². The van der Waals surface area contributed by atoms with Crippen molar-refractivity contribution in [3.05, 3.63) is 73.0 Å². The van der Waals surface area contributed by atoms with Crippen LogP contribution in [0.15, 0.2) is 77.4 Å². The summed E-state index contributed by atoms with van der Waals surface area (Å²) in [5.41, 5.74) is 0.956. The highest BCUT2D eigenvalue weighted by atomic mass is 16.3. The van der Waals surface area contributed by atoms with Gasteiger partial charge in [-0.15, -0.1) is 0 Å². The zero-order chi connectivity index (χ0) is 10.3. The molecule has 0 spiro atoms. The Balaban J connectivity index is 0.000000162. The summed E-state index contributed by atoms with van der Waals surface area (Å²) in [4.78, 5) is 0. The van der Waals surface area contributed by atoms with Crippen molar-refractivity contribution in [3.8, 4) is 0 Å². The molecule has 16 heavy (non-hydrogen) atoms. The van der Waals surface area contributed by atoms with Gasteiger partial charge in [-0.05, 0) is 12.1 Å². The van der Waals surface area contributed by atoms with Gasteiger partial charge in [0.15, 0.2) is 0 Å². The van der Waals surface area contributed by atoms with Crippen LogP contribution in [-0.2, 0) is 0 Å². The number of benzene rings is 2. The third kappa shape index (κ3) is 3.28. The van der Waals surface area contributed by atoms with Crippen LogP contribution in [0.3, 0.4) is 0 Å². The van der Waals surface area contributed by atoms with E-state index in [9.17, 15) is 0 Å². The quantitative estimate of drug-likeness (QED) is 0.524. The zero-order valence-corrected chi connectivity index (χ0v) is 8.34. The highest BCUT2D eigenvalue weighted by Gasteiger charge is 1.89. The highest BCUT2D eigenvalue weighted by molar-refractivity contribution is 5.76. The monoisotopic (exact) mass is 212 g/mol. The fourth-order valence-corrected chi connectivity index (χ4v) is 1.29. The average molecular weight is 212 g/mol. The van der Waals surface area contributed by atoms with Crippen molar-refractivity contribution >= 4 is 11.0 Å². The maximum atomic E-state index is 5.12. The fourth-order valence-electron chi connectivity index (χ4n) is 1.29. The van der Waals surface area contributed by atoms with Gasteiger partial charge in [-0.1, -0.05) is 62.0 Å². The molecule has 0 unspecified atom stereocenters. The van der Waals surface area contributed by atoms with Crippen LogP contribution >= 0.6 is 0 Å². The minimum absolute atomic E-state index is 0. The minimum atomic E-state index is 0. The lowest BCUT2D eigenvalue weighted by Gasteiger charge is -1.81. The maximum Gasteiger partial charge on any atom is 0.133 e. The van der Waals surface area contributed by atoms with Crippen LogP contribution < -0.4 is 0 Å². The first-order valence-corrected chi connectivity index (χ1v) is 4.89. The molecule has 0 saturated carbocycles. The standard InChI is InChI=1S/C8H6O.C6H6.CH4/c1-2-4-8-7(3-1)5-6-9-8;1-2-4-6-5-3-1;/h1-6H;1-6H;1H4. The molecule has 0 aliphatic rings. The van der Waals surface area contributed by atoms with Crippen LogP contribution in [0.5, 0.6) is 0 Å². The van der Waals surface area contributed by atoms with Gasteiger partial charge in [0.05, 0.1) is 6.26 Å². The molecule has 0 atom stereocenters. The Bertz CT molecular complexity index is 440. The molecular formula is C15H16O. The maximum absolute atomic E-state index is 5.12. The second kappa shape index (κ2) is 6.46. The lowest BCUT2D eigenvalue weighted by molar-refractivity contribution is 0.616. The first kappa shape index (κ1) is 12.1. The summed E-state index contributed by atoms with van der Waals surface area (Å²) < 4.78 is 5.12. The molecule has 1 heteroatoms. The Morgan fingerprint density at radius 2 is 1.19 bits per heavy atom. The number of furan rings is 1. The van der Waals surface area contributed by atoms with Crippen LogP contribution in [-0.4, -0.2) is 0 Å². The topological polar surface area (TPSA) is 13.1 Å². The van der Waals surface area contributed by atoms with Gasteiger partial charge in [0.2, 0.25) is 0 Å². The van der Waals surface area contributed by atoms with E-state index in [0.29, 0.717) is 0 Å². The molecule has 0 amide bonds. The normalized spacial score (nSPS) is 8.75. The summed E-state index contributed by atoms with van der Waals surface area (Å²) in [7, 11) is 0. The molecule has 0 saturated heterocycles. The summed E-state index contributed by atoms with van der Waals surface area (Å²) in [5, 5.41) is 1.16. The number of fused-ring (bicyclic) bond motifs is 1. The first-order chi connectivity index (χ1) is 7.47. The fraction of sp³-hybridized carbons (Fsp3) is 0.0667. The second-order valence-electron chi connectivity index (χ2n) is 3.11. The van der Waals surface area contributed by atoms with Gasteiger partial charge in [-0.3, -0.25) is 0 Å². The van der Waals surface area contributed by atoms with Crippen molar-refractivity contribution in [1.29, 1.82) is 0 Å². The molecule has 0 fully saturated rings. The molecule has 1 nitrogen and oxygen atoms in total. The van der Waals surface area contributed by atoms with E-state index in [-0.39, 0.29) is 7.43 Å². The Labute approximate surface area is 96.3 Å². The molecule has 0 aliphatic carbocycles. The molecule has 3 rings (SSSR count). The lowest BCUT2D eigenvalue weighted by atomic mass is 10.3. The van der Waals surface area contributed by atoms with Crippen molar-refractivity contribution in [2.75, 3.05) is 0 Å². The Kier molecular flexibility index (Phi) is 4.87. The predicted molar refractivity (Wildman–Crippen MR) is 69.4 cm³/mol. The molecule has 0 radical (unpaired) electrons. The summed E-state index contributed by atoms with van der Waals surface area (Å²) in [6.45, 7) is 0. The van der Waals surface area contributed by atoms with Gasteiger partial charge < -0.3 is 4.42 Å². The second-order valence-corrected chi connectivity index (χ2v) is 3.11. The highest BCUT2D eigenvalue weighted by Crippen LogP contribution is 2.12. The Morgan fingerprint density at radius 1 is 0.625 bits per heavy atom. The number of hydrogen-bond donors (Lipinski definition) is 0. The van der Waals surface area contributed by atoms with Crippen molar-refractivity contribution in [2.24, 2.45) is 0 Å². The van der Waals surface area contributed by atoms with E-state index in [1.54, 1.807) is 6.26 Å². The van der Waals surface area contributed by atoms with Crippen LogP contribution in [0, 0.1) is 0 Å². The largest absolute Gasteiger partial charge is 0.464 e. The van der Waals surface area contributed by atoms with Gasteiger partial charge in [0.25, 0.3) is 0 Å². The van der Waals surface area contributed by atoms with Crippen molar-refractivity contribution < 1.29 is 4.42 Å². The van der Waals surface area contributed by atoms with Gasteiger partial charge in [0, 0.05) is 5.39 Å². The first-order valence-electron chi connectivity index (χ1n) is 4.89. The summed E-state index contributed by atoms with van der Waals surface area (Å²) in [6.07, 6.45) is 1.70. The van der Waals surface area contributed by atoms with E-state index < -0.39 is 0 Å². The minimum Gasteiger partial charge on any atom is -0.464 e.